The number of anilines is 3. The molecule has 1 aromatic heterocycles. The van der Waals surface area contributed by atoms with Crippen LogP contribution in [-0.2, 0) is 14.3 Å². The fraction of sp³-hybridized carbons (Fsp3) is 0.227. The van der Waals surface area contributed by atoms with Gasteiger partial charge < -0.3 is 20.1 Å². The van der Waals surface area contributed by atoms with Gasteiger partial charge >= 0.3 is 5.97 Å². The van der Waals surface area contributed by atoms with Gasteiger partial charge in [0.2, 0.25) is 5.91 Å². The SMILES string of the molecule is CCOC(=O)CCC(=O)Nc1ccc(-c2csc(Nc3ccccc3OC)n2)cc1. The molecule has 0 radical (unpaired) electrons. The predicted octanol–water partition coefficient (Wildman–Crippen LogP) is 4.84. The number of rotatable bonds is 9. The minimum Gasteiger partial charge on any atom is -0.495 e. The monoisotopic (exact) mass is 425 g/mol. The van der Waals surface area contributed by atoms with Crippen molar-refractivity contribution in [1.82, 2.24) is 4.98 Å². The molecule has 3 aromatic rings. The van der Waals surface area contributed by atoms with Gasteiger partial charge in [0.1, 0.15) is 5.75 Å². The quantitative estimate of drug-likeness (QED) is 0.477. The van der Waals surface area contributed by atoms with Crippen molar-refractivity contribution in [3.05, 3.63) is 53.9 Å². The van der Waals surface area contributed by atoms with Crippen LogP contribution in [0.15, 0.2) is 53.9 Å². The second-order valence-corrected chi connectivity index (χ2v) is 7.15. The van der Waals surface area contributed by atoms with Gasteiger partial charge in [0, 0.05) is 23.1 Å². The second-order valence-electron chi connectivity index (χ2n) is 6.29. The fourth-order valence-electron chi connectivity index (χ4n) is 2.72. The van der Waals surface area contributed by atoms with Crippen molar-refractivity contribution in [2.24, 2.45) is 0 Å². The van der Waals surface area contributed by atoms with Crippen LogP contribution in [-0.4, -0.2) is 30.6 Å². The van der Waals surface area contributed by atoms with Crippen molar-refractivity contribution in [1.29, 1.82) is 0 Å². The number of hydrogen-bond donors (Lipinski definition) is 2. The third-order valence-corrected chi connectivity index (χ3v) is 4.94. The lowest BCUT2D eigenvalue weighted by Gasteiger charge is -2.08. The highest BCUT2D eigenvalue weighted by atomic mass is 32.1. The number of aromatic nitrogens is 1. The minimum absolute atomic E-state index is 0.0680. The molecule has 1 amide bonds. The van der Waals surface area contributed by atoms with Gasteiger partial charge in [-0.3, -0.25) is 9.59 Å². The average molecular weight is 426 g/mol. The highest BCUT2D eigenvalue weighted by molar-refractivity contribution is 7.14. The summed E-state index contributed by atoms with van der Waals surface area (Å²) in [6, 6.07) is 15.1. The third-order valence-electron chi connectivity index (χ3n) is 4.18. The molecule has 0 bridgehead atoms. The highest BCUT2D eigenvalue weighted by Gasteiger charge is 2.10. The summed E-state index contributed by atoms with van der Waals surface area (Å²) in [5, 5.41) is 8.77. The number of nitrogens with zero attached hydrogens (tertiary/aromatic N) is 1. The first-order chi connectivity index (χ1) is 14.6. The zero-order valence-electron chi connectivity index (χ0n) is 16.8. The molecule has 0 spiro atoms. The van der Waals surface area contributed by atoms with Gasteiger partial charge in [0.15, 0.2) is 5.13 Å². The number of amides is 1. The van der Waals surface area contributed by atoms with Crippen molar-refractivity contribution >= 4 is 39.7 Å². The topological polar surface area (TPSA) is 89.6 Å². The Morgan fingerprint density at radius 2 is 1.83 bits per heavy atom. The van der Waals surface area contributed by atoms with Crippen molar-refractivity contribution in [3.8, 4) is 17.0 Å². The number of carbonyl (C=O) groups excluding carboxylic acids is 2. The summed E-state index contributed by atoms with van der Waals surface area (Å²) < 4.78 is 10.2. The Hall–Kier alpha value is -3.39. The van der Waals surface area contributed by atoms with Crippen LogP contribution in [0.25, 0.3) is 11.3 Å². The molecule has 0 saturated carbocycles. The second kappa shape index (κ2) is 10.4. The molecular weight excluding hydrogens is 402 g/mol. The van der Waals surface area contributed by atoms with Gasteiger partial charge in [-0.15, -0.1) is 11.3 Å². The zero-order valence-corrected chi connectivity index (χ0v) is 17.6. The molecule has 0 aliphatic carbocycles. The Balaban J connectivity index is 1.59. The molecule has 3 rings (SSSR count). The summed E-state index contributed by atoms with van der Waals surface area (Å²) in [7, 11) is 1.63. The molecule has 0 unspecified atom stereocenters. The number of carbonyl (C=O) groups is 2. The maximum atomic E-state index is 12.0. The normalized spacial score (nSPS) is 10.3. The fourth-order valence-corrected chi connectivity index (χ4v) is 3.46. The van der Waals surface area contributed by atoms with Crippen LogP contribution in [0.1, 0.15) is 19.8 Å². The number of hydrogen-bond acceptors (Lipinski definition) is 7. The van der Waals surface area contributed by atoms with Crippen LogP contribution in [0.2, 0.25) is 0 Å². The van der Waals surface area contributed by atoms with E-state index in [9.17, 15) is 9.59 Å². The van der Waals surface area contributed by atoms with Crippen molar-refractivity contribution < 1.29 is 19.1 Å². The van der Waals surface area contributed by atoms with Gasteiger partial charge in [-0.05, 0) is 31.2 Å². The first-order valence-electron chi connectivity index (χ1n) is 9.50. The summed E-state index contributed by atoms with van der Waals surface area (Å²) in [4.78, 5) is 27.9. The lowest BCUT2D eigenvalue weighted by atomic mass is 10.1. The zero-order chi connectivity index (χ0) is 21.3. The number of ether oxygens (including phenoxy) is 2. The maximum Gasteiger partial charge on any atom is 0.306 e. The molecule has 0 aliphatic heterocycles. The van der Waals surface area contributed by atoms with E-state index in [-0.39, 0.29) is 24.7 Å². The number of benzene rings is 2. The highest BCUT2D eigenvalue weighted by Crippen LogP contribution is 2.31. The number of nitrogens with one attached hydrogen (secondary N) is 2. The molecule has 7 nitrogen and oxygen atoms in total. The van der Waals surface area contributed by atoms with Crippen LogP contribution in [0.3, 0.4) is 0 Å². The van der Waals surface area contributed by atoms with E-state index in [1.807, 2.05) is 53.9 Å². The minimum atomic E-state index is -0.371. The standard InChI is InChI=1S/C22H23N3O4S/c1-3-29-21(27)13-12-20(26)23-16-10-8-15(9-11-16)18-14-30-22(25-18)24-17-6-4-5-7-19(17)28-2/h4-11,14H,3,12-13H2,1-2H3,(H,23,26)(H,24,25). The van der Waals surface area contributed by atoms with E-state index in [0.717, 1.165) is 27.8 Å². The van der Waals surface area contributed by atoms with E-state index in [1.54, 1.807) is 14.0 Å². The summed E-state index contributed by atoms with van der Waals surface area (Å²) >= 11 is 1.50. The number of methoxy groups -OCH3 is 1. The molecule has 8 heteroatoms. The largest absolute Gasteiger partial charge is 0.495 e. The Labute approximate surface area is 179 Å². The molecule has 156 valence electrons. The Morgan fingerprint density at radius 1 is 1.07 bits per heavy atom. The first kappa shape index (κ1) is 21.3. The number of thiazole rings is 1. The van der Waals surface area contributed by atoms with Crippen molar-refractivity contribution in [2.45, 2.75) is 19.8 Å². The summed E-state index contributed by atoms with van der Waals surface area (Å²) in [6.07, 6.45) is 0.156. The van der Waals surface area contributed by atoms with E-state index < -0.39 is 0 Å². The van der Waals surface area contributed by atoms with Crippen molar-refractivity contribution in [2.75, 3.05) is 24.4 Å². The van der Waals surface area contributed by atoms with Gasteiger partial charge in [-0.1, -0.05) is 24.3 Å². The lowest BCUT2D eigenvalue weighted by molar-refractivity contribution is -0.144. The van der Waals surface area contributed by atoms with E-state index in [4.69, 9.17) is 9.47 Å². The van der Waals surface area contributed by atoms with Crippen LogP contribution in [0, 0.1) is 0 Å². The molecule has 0 saturated heterocycles. The summed E-state index contributed by atoms with van der Waals surface area (Å²) in [6.45, 7) is 2.05. The smallest absolute Gasteiger partial charge is 0.306 e. The maximum absolute atomic E-state index is 12.0. The van der Waals surface area contributed by atoms with E-state index in [0.29, 0.717) is 12.3 Å². The molecule has 0 aliphatic rings. The molecule has 0 atom stereocenters. The molecule has 0 fully saturated rings. The molecular formula is C22H23N3O4S. The van der Waals surface area contributed by atoms with E-state index >= 15 is 0 Å². The molecule has 2 N–H and O–H groups in total. The molecule has 30 heavy (non-hydrogen) atoms. The summed E-state index contributed by atoms with van der Waals surface area (Å²) in [5.74, 6) is 0.147. The van der Waals surface area contributed by atoms with Crippen LogP contribution in [0.5, 0.6) is 5.75 Å². The van der Waals surface area contributed by atoms with Gasteiger partial charge in [-0.2, -0.15) is 0 Å². The Kier molecular flexibility index (Phi) is 7.40. The van der Waals surface area contributed by atoms with Crippen molar-refractivity contribution in [3.63, 3.8) is 0 Å². The number of para-hydroxylation sites is 2. The lowest BCUT2D eigenvalue weighted by Crippen LogP contribution is -2.14. The predicted molar refractivity (Wildman–Crippen MR) is 118 cm³/mol. The van der Waals surface area contributed by atoms with Crippen LogP contribution < -0.4 is 15.4 Å². The number of esters is 1. The molecule has 2 aromatic carbocycles. The van der Waals surface area contributed by atoms with Crippen LogP contribution in [0.4, 0.5) is 16.5 Å². The summed E-state index contributed by atoms with van der Waals surface area (Å²) in [5.41, 5.74) is 3.28. The van der Waals surface area contributed by atoms with Gasteiger partial charge in [0.05, 0.1) is 31.5 Å². The first-order valence-corrected chi connectivity index (χ1v) is 10.4. The Morgan fingerprint density at radius 3 is 2.57 bits per heavy atom. The molecule has 1 heterocycles. The third kappa shape index (κ3) is 5.81. The van der Waals surface area contributed by atoms with Gasteiger partial charge in [0.25, 0.3) is 0 Å². The van der Waals surface area contributed by atoms with Gasteiger partial charge in [-0.25, -0.2) is 4.98 Å². The van der Waals surface area contributed by atoms with E-state index in [2.05, 4.69) is 15.6 Å². The Bertz CT molecular complexity index is 1000. The van der Waals surface area contributed by atoms with E-state index in [1.165, 1.54) is 11.3 Å². The van der Waals surface area contributed by atoms with Crippen LogP contribution >= 0.6 is 11.3 Å². The average Bonchev–Trinajstić information content (AvgIpc) is 3.22.